The molecule has 3 rings (SSSR count). The SMILES string of the molecule is CCN(CC)C(=O)c1ccc(NC(=O)CN2C(=O)N[C@@](CC)(c3ccc(F)cc3)C2=O)cc1. The third kappa shape index (κ3) is 4.72. The van der Waals surface area contributed by atoms with Gasteiger partial charge < -0.3 is 15.5 Å². The van der Waals surface area contributed by atoms with Crippen molar-refractivity contribution < 1.29 is 23.6 Å². The van der Waals surface area contributed by atoms with Crippen LogP contribution in [-0.4, -0.2) is 53.2 Å². The van der Waals surface area contributed by atoms with Crippen molar-refractivity contribution in [1.29, 1.82) is 0 Å². The number of hydrogen-bond donors (Lipinski definition) is 2. The first-order valence-corrected chi connectivity index (χ1v) is 10.8. The molecular weight excluding hydrogens is 427 g/mol. The topological polar surface area (TPSA) is 98.8 Å². The standard InChI is InChI=1S/C24H27FN4O4/c1-4-24(17-9-11-18(25)12-10-17)22(32)29(23(33)27-24)15-20(30)26-19-13-7-16(8-14-19)21(31)28(5-2)6-3/h7-14H,4-6,15H2,1-3H3,(H,26,30)(H,27,33)/t24-/m0/s1. The zero-order valence-electron chi connectivity index (χ0n) is 18.9. The third-order valence-corrected chi connectivity index (χ3v) is 5.81. The van der Waals surface area contributed by atoms with E-state index >= 15 is 0 Å². The van der Waals surface area contributed by atoms with Gasteiger partial charge in [-0.3, -0.25) is 19.3 Å². The van der Waals surface area contributed by atoms with E-state index in [2.05, 4.69) is 10.6 Å². The lowest BCUT2D eigenvalue weighted by Gasteiger charge is -2.25. The van der Waals surface area contributed by atoms with Gasteiger partial charge in [-0.05, 0) is 62.2 Å². The summed E-state index contributed by atoms with van der Waals surface area (Å²) in [4.78, 5) is 53.1. The summed E-state index contributed by atoms with van der Waals surface area (Å²) < 4.78 is 13.3. The molecule has 33 heavy (non-hydrogen) atoms. The first-order valence-electron chi connectivity index (χ1n) is 10.8. The number of amides is 5. The number of carbonyl (C=O) groups is 4. The van der Waals surface area contributed by atoms with E-state index in [1.54, 1.807) is 36.1 Å². The zero-order chi connectivity index (χ0) is 24.2. The molecule has 0 saturated carbocycles. The summed E-state index contributed by atoms with van der Waals surface area (Å²) in [5, 5.41) is 5.29. The zero-order valence-corrected chi connectivity index (χ0v) is 18.9. The van der Waals surface area contributed by atoms with Gasteiger partial charge in [-0.15, -0.1) is 0 Å². The number of urea groups is 1. The molecule has 1 fully saturated rings. The summed E-state index contributed by atoms with van der Waals surface area (Å²) in [6.07, 6.45) is 0.239. The lowest BCUT2D eigenvalue weighted by molar-refractivity contribution is -0.134. The number of imide groups is 1. The number of nitrogens with zero attached hydrogens (tertiary/aromatic N) is 2. The minimum absolute atomic E-state index is 0.103. The minimum Gasteiger partial charge on any atom is -0.339 e. The molecule has 2 N–H and O–H groups in total. The van der Waals surface area contributed by atoms with Gasteiger partial charge in [0, 0.05) is 24.3 Å². The van der Waals surface area contributed by atoms with Crippen molar-refractivity contribution in [3.05, 3.63) is 65.5 Å². The van der Waals surface area contributed by atoms with Crippen molar-refractivity contribution in [3.63, 3.8) is 0 Å². The Labute approximate surface area is 191 Å². The molecule has 0 radical (unpaired) electrons. The Morgan fingerprint density at radius 2 is 1.61 bits per heavy atom. The second kappa shape index (κ2) is 9.81. The molecule has 0 aliphatic carbocycles. The predicted molar refractivity (Wildman–Crippen MR) is 121 cm³/mol. The molecule has 5 amide bonds. The van der Waals surface area contributed by atoms with Gasteiger partial charge in [0.1, 0.15) is 17.9 Å². The minimum atomic E-state index is -1.35. The smallest absolute Gasteiger partial charge is 0.325 e. The lowest BCUT2D eigenvalue weighted by Crippen LogP contribution is -2.44. The Kier molecular flexibility index (Phi) is 7.10. The Hall–Kier alpha value is -3.75. The van der Waals surface area contributed by atoms with Crippen molar-refractivity contribution in [3.8, 4) is 0 Å². The Morgan fingerprint density at radius 3 is 2.15 bits per heavy atom. The van der Waals surface area contributed by atoms with Gasteiger partial charge >= 0.3 is 6.03 Å². The molecular formula is C24H27FN4O4. The fraction of sp³-hybridized carbons (Fsp3) is 0.333. The lowest BCUT2D eigenvalue weighted by atomic mass is 9.87. The van der Waals surface area contributed by atoms with Crippen molar-refractivity contribution in [2.75, 3.05) is 25.0 Å². The van der Waals surface area contributed by atoms with E-state index in [1.165, 1.54) is 24.3 Å². The van der Waals surface area contributed by atoms with E-state index in [9.17, 15) is 23.6 Å². The molecule has 9 heteroatoms. The van der Waals surface area contributed by atoms with Gasteiger partial charge in [0.05, 0.1) is 0 Å². The molecule has 1 aliphatic heterocycles. The van der Waals surface area contributed by atoms with Crippen LogP contribution in [0.4, 0.5) is 14.9 Å². The van der Waals surface area contributed by atoms with Crippen LogP contribution in [0, 0.1) is 5.82 Å². The third-order valence-electron chi connectivity index (χ3n) is 5.81. The van der Waals surface area contributed by atoms with E-state index in [0.717, 1.165) is 4.90 Å². The van der Waals surface area contributed by atoms with Crippen LogP contribution in [0.1, 0.15) is 43.1 Å². The first kappa shape index (κ1) is 23.9. The monoisotopic (exact) mass is 454 g/mol. The number of halogens is 1. The molecule has 0 bridgehead atoms. The summed E-state index contributed by atoms with van der Waals surface area (Å²) in [5.41, 5.74) is 0.0275. The van der Waals surface area contributed by atoms with Crippen LogP contribution in [0.15, 0.2) is 48.5 Å². The van der Waals surface area contributed by atoms with Gasteiger partial charge in [-0.1, -0.05) is 19.1 Å². The Bertz CT molecular complexity index is 1050. The highest BCUT2D eigenvalue weighted by molar-refractivity contribution is 6.10. The van der Waals surface area contributed by atoms with Crippen LogP contribution in [0.3, 0.4) is 0 Å². The van der Waals surface area contributed by atoms with Crippen LogP contribution < -0.4 is 10.6 Å². The largest absolute Gasteiger partial charge is 0.339 e. The Balaban J connectivity index is 1.69. The maximum Gasteiger partial charge on any atom is 0.325 e. The molecule has 174 valence electrons. The van der Waals surface area contributed by atoms with Gasteiger partial charge in [0.15, 0.2) is 0 Å². The average molecular weight is 455 g/mol. The number of nitrogens with one attached hydrogen (secondary N) is 2. The predicted octanol–water partition coefficient (Wildman–Crippen LogP) is 3.10. The van der Waals surface area contributed by atoms with Crippen LogP contribution >= 0.6 is 0 Å². The maximum atomic E-state index is 13.3. The molecule has 1 heterocycles. The molecule has 0 spiro atoms. The number of benzene rings is 2. The maximum absolute atomic E-state index is 13.3. The Morgan fingerprint density at radius 1 is 1.00 bits per heavy atom. The number of hydrogen-bond acceptors (Lipinski definition) is 4. The summed E-state index contributed by atoms with van der Waals surface area (Å²) in [6.45, 7) is 6.23. The molecule has 1 saturated heterocycles. The van der Waals surface area contributed by atoms with Gasteiger partial charge in [0.25, 0.3) is 11.8 Å². The van der Waals surface area contributed by atoms with Crippen LogP contribution in [0.5, 0.6) is 0 Å². The van der Waals surface area contributed by atoms with Crippen LogP contribution in [0.2, 0.25) is 0 Å². The molecule has 2 aromatic carbocycles. The van der Waals surface area contributed by atoms with E-state index in [0.29, 0.717) is 29.9 Å². The van der Waals surface area contributed by atoms with Gasteiger partial charge in [0.2, 0.25) is 5.91 Å². The summed E-state index contributed by atoms with van der Waals surface area (Å²) in [7, 11) is 0. The highest BCUT2D eigenvalue weighted by Crippen LogP contribution is 2.32. The fourth-order valence-electron chi connectivity index (χ4n) is 3.88. The quantitative estimate of drug-likeness (QED) is 0.599. The summed E-state index contributed by atoms with van der Waals surface area (Å²) in [5.74, 6) is -1.69. The van der Waals surface area contributed by atoms with E-state index < -0.39 is 35.7 Å². The number of carbonyl (C=O) groups excluding carboxylic acids is 4. The average Bonchev–Trinajstić information content (AvgIpc) is 3.05. The van der Waals surface area contributed by atoms with Crippen molar-refractivity contribution >= 4 is 29.4 Å². The second-order valence-electron chi connectivity index (χ2n) is 7.69. The highest BCUT2D eigenvalue weighted by Gasteiger charge is 2.51. The molecule has 0 aromatic heterocycles. The van der Waals surface area contributed by atoms with Crippen molar-refractivity contribution in [1.82, 2.24) is 15.1 Å². The van der Waals surface area contributed by atoms with E-state index in [-0.39, 0.29) is 12.3 Å². The highest BCUT2D eigenvalue weighted by atomic mass is 19.1. The van der Waals surface area contributed by atoms with Crippen molar-refractivity contribution in [2.45, 2.75) is 32.7 Å². The normalized spacial score (nSPS) is 17.6. The molecule has 0 unspecified atom stereocenters. The number of anilines is 1. The van der Waals surface area contributed by atoms with Crippen molar-refractivity contribution in [2.24, 2.45) is 0 Å². The van der Waals surface area contributed by atoms with Crippen LogP contribution in [-0.2, 0) is 15.1 Å². The fourth-order valence-corrected chi connectivity index (χ4v) is 3.88. The van der Waals surface area contributed by atoms with Crippen LogP contribution in [0.25, 0.3) is 0 Å². The molecule has 1 aliphatic rings. The molecule has 1 atom stereocenters. The number of rotatable bonds is 8. The molecule has 8 nitrogen and oxygen atoms in total. The van der Waals surface area contributed by atoms with E-state index in [1.807, 2.05) is 13.8 Å². The van der Waals surface area contributed by atoms with Gasteiger partial charge in [-0.2, -0.15) is 0 Å². The summed E-state index contributed by atoms with van der Waals surface area (Å²) >= 11 is 0. The second-order valence-corrected chi connectivity index (χ2v) is 7.69. The molecule has 2 aromatic rings. The summed E-state index contributed by atoms with van der Waals surface area (Å²) in [6, 6.07) is 11.0. The van der Waals surface area contributed by atoms with E-state index in [4.69, 9.17) is 0 Å². The first-order chi connectivity index (χ1) is 15.7. The van der Waals surface area contributed by atoms with Gasteiger partial charge in [-0.25, -0.2) is 9.18 Å².